The molecule has 1 aromatic carbocycles. The van der Waals surface area contributed by atoms with Gasteiger partial charge in [-0.25, -0.2) is 8.42 Å². The molecule has 2 rings (SSSR count). The van der Waals surface area contributed by atoms with Crippen molar-refractivity contribution in [1.82, 2.24) is 14.8 Å². The van der Waals surface area contributed by atoms with Crippen molar-refractivity contribution in [2.24, 2.45) is 17.3 Å². The molecule has 130 valence electrons. The number of hydrogen-bond donors (Lipinski definition) is 0. The fourth-order valence-electron chi connectivity index (χ4n) is 1.92. The number of nitrogens with zero attached hydrogens (tertiary/aromatic N) is 6. The number of anilines is 1. The number of rotatable bonds is 8. The van der Waals surface area contributed by atoms with Gasteiger partial charge >= 0.3 is 0 Å². The van der Waals surface area contributed by atoms with Crippen LogP contribution in [-0.2, 0) is 21.6 Å². The molecule has 11 heteroatoms. The molecule has 1 heterocycles. The Hall–Kier alpha value is -2.37. The van der Waals surface area contributed by atoms with E-state index in [-0.39, 0.29) is 13.2 Å². The first-order valence-corrected chi connectivity index (χ1v) is 8.43. The van der Waals surface area contributed by atoms with Crippen molar-refractivity contribution in [1.29, 1.82) is 0 Å². The molecule has 0 aliphatic heterocycles. The normalized spacial score (nSPS) is 12.0. The van der Waals surface area contributed by atoms with E-state index in [2.05, 4.69) is 24.6 Å². The van der Waals surface area contributed by atoms with Gasteiger partial charge in [-0.05, 0) is 31.2 Å². The number of aromatic nitrogens is 3. The number of azo groups is 1. The molecule has 24 heavy (non-hydrogen) atoms. The summed E-state index contributed by atoms with van der Waals surface area (Å²) in [4.78, 5) is 1.87. The molecule has 0 aliphatic rings. The standard InChI is InChI=1S/C13H18N6O4S/c1-3-19(8-9-23-24(20,21)22)12-6-4-11(5-7-12)15-17-13-16-14-10-18(13)2/h4-7,10H,3,8-9H2,1-2H3,(H,20,21,22)/p-1. The summed E-state index contributed by atoms with van der Waals surface area (Å²) < 4.78 is 37.2. The average Bonchev–Trinajstić information content (AvgIpc) is 2.94. The van der Waals surface area contributed by atoms with E-state index in [4.69, 9.17) is 0 Å². The molecule has 0 atom stereocenters. The van der Waals surface area contributed by atoms with E-state index in [1.165, 1.54) is 6.33 Å². The van der Waals surface area contributed by atoms with E-state index >= 15 is 0 Å². The molecule has 0 saturated heterocycles. The summed E-state index contributed by atoms with van der Waals surface area (Å²) in [7, 11) is -2.90. The quantitative estimate of drug-likeness (QED) is 0.400. The molecule has 10 nitrogen and oxygen atoms in total. The monoisotopic (exact) mass is 353 g/mol. The molecule has 0 amide bonds. The van der Waals surface area contributed by atoms with Gasteiger partial charge < -0.3 is 14.0 Å². The Morgan fingerprint density at radius 3 is 2.54 bits per heavy atom. The molecule has 0 aliphatic carbocycles. The summed E-state index contributed by atoms with van der Waals surface area (Å²) in [6.07, 6.45) is 1.53. The third-order valence-corrected chi connectivity index (χ3v) is 3.58. The van der Waals surface area contributed by atoms with Crippen molar-refractivity contribution in [3.63, 3.8) is 0 Å². The van der Waals surface area contributed by atoms with E-state index in [0.29, 0.717) is 18.2 Å². The van der Waals surface area contributed by atoms with Crippen LogP contribution in [0, 0.1) is 0 Å². The molecular weight excluding hydrogens is 336 g/mol. The van der Waals surface area contributed by atoms with Crippen molar-refractivity contribution < 1.29 is 17.2 Å². The van der Waals surface area contributed by atoms with E-state index in [1.54, 1.807) is 23.7 Å². The van der Waals surface area contributed by atoms with Gasteiger partial charge in [0.2, 0.25) is 10.4 Å². The van der Waals surface area contributed by atoms with Crippen LogP contribution in [0.4, 0.5) is 17.3 Å². The fraction of sp³-hybridized carbons (Fsp3) is 0.385. The molecule has 0 spiro atoms. The van der Waals surface area contributed by atoms with Crippen molar-refractivity contribution in [2.75, 3.05) is 24.6 Å². The molecule has 1 aromatic heterocycles. The lowest BCUT2D eigenvalue weighted by Gasteiger charge is -2.23. The maximum atomic E-state index is 10.4. The number of aryl methyl sites for hydroxylation is 1. The Kier molecular flexibility index (Phi) is 5.95. The van der Waals surface area contributed by atoms with Crippen molar-refractivity contribution in [2.45, 2.75) is 6.92 Å². The van der Waals surface area contributed by atoms with Gasteiger partial charge in [-0.1, -0.05) is 0 Å². The van der Waals surface area contributed by atoms with Gasteiger partial charge in [-0.15, -0.1) is 20.4 Å². The van der Waals surface area contributed by atoms with Crippen LogP contribution < -0.4 is 4.90 Å². The highest BCUT2D eigenvalue weighted by molar-refractivity contribution is 7.80. The molecule has 0 radical (unpaired) electrons. The number of benzene rings is 1. The van der Waals surface area contributed by atoms with Crippen LogP contribution >= 0.6 is 0 Å². The lowest BCUT2D eigenvalue weighted by Crippen LogP contribution is -2.27. The van der Waals surface area contributed by atoms with Gasteiger partial charge in [-0.2, -0.15) is 0 Å². The van der Waals surface area contributed by atoms with Crippen molar-refractivity contribution >= 4 is 27.7 Å². The smallest absolute Gasteiger partial charge is 0.269 e. The van der Waals surface area contributed by atoms with Crippen LogP contribution in [0.15, 0.2) is 40.8 Å². The van der Waals surface area contributed by atoms with Crippen LogP contribution in [0.3, 0.4) is 0 Å². The minimum Gasteiger partial charge on any atom is -0.726 e. The second-order valence-corrected chi connectivity index (χ2v) is 5.82. The summed E-state index contributed by atoms with van der Waals surface area (Å²) in [5, 5.41) is 15.6. The second kappa shape index (κ2) is 7.95. The Morgan fingerprint density at radius 1 is 1.29 bits per heavy atom. The topological polar surface area (TPSA) is 125 Å². The first-order chi connectivity index (χ1) is 11.4. The van der Waals surface area contributed by atoms with Crippen LogP contribution in [0.1, 0.15) is 6.92 Å². The third-order valence-electron chi connectivity index (χ3n) is 3.13. The van der Waals surface area contributed by atoms with Crippen molar-refractivity contribution in [3.8, 4) is 0 Å². The van der Waals surface area contributed by atoms with E-state index in [0.717, 1.165) is 5.69 Å². The lowest BCUT2D eigenvalue weighted by molar-refractivity contribution is 0.266. The lowest BCUT2D eigenvalue weighted by atomic mass is 10.2. The average molecular weight is 353 g/mol. The number of hydrogen-bond acceptors (Lipinski definition) is 9. The van der Waals surface area contributed by atoms with Gasteiger partial charge in [0.1, 0.15) is 6.33 Å². The van der Waals surface area contributed by atoms with Gasteiger partial charge in [0.05, 0.1) is 12.3 Å². The highest BCUT2D eigenvalue weighted by atomic mass is 32.3. The maximum absolute atomic E-state index is 10.4. The molecular formula is C13H17N6O4S-. The largest absolute Gasteiger partial charge is 0.726 e. The zero-order valence-electron chi connectivity index (χ0n) is 13.2. The van der Waals surface area contributed by atoms with Crippen LogP contribution in [0.2, 0.25) is 0 Å². The Morgan fingerprint density at radius 2 is 2.00 bits per heavy atom. The van der Waals surface area contributed by atoms with Crippen LogP contribution in [0.5, 0.6) is 0 Å². The molecule has 0 N–H and O–H groups in total. The highest BCUT2D eigenvalue weighted by Gasteiger charge is 2.06. The summed E-state index contributed by atoms with van der Waals surface area (Å²) >= 11 is 0. The van der Waals surface area contributed by atoms with E-state index in [1.807, 2.05) is 24.0 Å². The SMILES string of the molecule is CCN(CCOS(=O)(=O)[O-])c1ccc(N=Nc2nncn2C)cc1. The zero-order valence-corrected chi connectivity index (χ0v) is 14.0. The van der Waals surface area contributed by atoms with Gasteiger partial charge in [0.15, 0.2) is 0 Å². The molecule has 0 bridgehead atoms. The second-order valence-electron chi connectivity index (χ2n) is 4.77. The zero-order chi connectivity index (χ0) is 17.6. The van der Waals surface area contributed by atoms with Gasteiger partial charge in [0.25, 0.3) is 5.95 Å². The van der Waals surface area contributed by atoms with E-state index in [9.17, 15) is 13.0 Å². The predicted molar refractivity (Wildman–Crippen MR) is 85.2 cm³/mol. The third kappa shape index (κ3) is 5.37. The van der Waals surface area contributed by atoms with Crippen LogP contribution in [-0.4, -0.2) is 47.4 Å². The van der Waals surface area contributed by atoms with E-state index < -0.39 is 10.4 Å². The first kappa shape index (κ1) is 18.0. The van der Waals surface area contributed by atoms with Crippen LogP contribution in [0.25, 0.3) is 0 Å². The Balaban J connectivity index is 1.99. The summed E-state index contributed by atoms with van der Waals surface area (Å²) in [6, 6.07) is 7.17. The highest BCUT2D eigenvalue weighted by Crippen LogP contribution is 2.21. The molecule has 0 fully saturated rings. The summed E-state index contributed by atoms with van der Waals surface area (Å²) in [5.41, 5.74) is 1.48. The summed E-state index contributed by atoms with van der Waals surface area (Å²) in [5.74, 6) is 0.394. The Bertz CT molecular complexity index is 787. The van der Waals surface area contributed by atoms with Gasteiger partial charge in [0, 0.05) is 25.8 Å². The predicted octanol–water partition coefficient (Wildman–Crippen LogP) is 1.53. The summed E-state index contributed by atoms with van der Waals surface area (Å²) in [6.45, 7) is 2.61. The van der Waals surface area contributed by atoms with Crippen molar-refractivity contribution in [3.05, 3.63) is 30.6 Å². The fourth-order valence-corrected chi connectivity index (χ4v) is 2.20. The van der Waals surface area contributed by atoms with Gasteiger partial charge in [-0.3, -0.25) is 4.18 Å². The first-order valence-electron chi connectivity index (χ1n) is 7.10. The Labute approximate surface area is 139 Å². The maximum Gasteiger partial charge on any atom is 0.269 e. The molecule has 0 saturated carbocycles. The molecule has 0 unspecified atom stereocenters. The minimum atomic E-state index is -4.67. The minimum absolute atomic E-state index is 0.201. The number of likely N-dealkylation sites (N-methyl/N-ethyl adjacent to an activating group) is 1. The molecule has 2 aromatic rings.